The van der Waals surface area contributed by atoms with E-state index in [4.69, 9.17) is 16.7 Å². The molecule has 0 fully saturated rings. The van der Waals surface area contributed by atoms with Gasteiger partial charge in [-0.2, -0.15) is 4.98 Å². The lowest BCUT2D eigenvalue weighted by Crippen LogP contribution is -2.36. The molecule has 2 aliphatic rings. The number of thioether (sulfide) groups is 1. The van der Waals surface area contributed by atoms with Gasteiger partial charge in [0, 0.05) is 28.3 Å². The van der Waals surface area contributed by atoms with Crippen LogP contribution in [0.2, 0.25) is 5.02 Å². The Hall–Kier alpha value is -2.90. The summed E-state index contributed by atoms with van der Waals surface area (Å²) in [5.74, 6) is 0.920. The fourth-order valence-corrected chi connectivity index (χ4v) is 5.40. The van der Waals surface area contributed by atoms with E-state index in [-0.39, 0.29) is 22.7 Å². The highest BCUT2D eigenvalue weighted by molar-refractivity contribution is 7.99. The molecule has 5 rings (SSSR count). The highest BCUT2D eigenvalue weighted by Crippen LogP contribution is 2.45. The van der Waals surface area contributed by atoms with Crippen molar-refractivity contribution in [2.45, 2.75) is 37.9 Å². The number of carbonyl (C=O) groups is 2. The number of rotatable bonds is 5. The Bertz CT molecular complexity index is 1280. The van der Waals surface area contributed by atoms with Crippen molar-refractivity contribution in [3.05, 3.63) is 82.0 Å². The molecular weight excluding hydrogens is 456 g/mol. The van der Waals surface area contributed by atoms with Gasteiger partial charge in [0.15, 0.2) is 11.6 Å². The molecule has 0 bridgehead atoms. The topological polar surface area (TPSA) is 76.9 Å². The van der Waals surface area contributed by atoms with Gasteiger partial charge in [-0.15, -0.1) is 5.10 Å². The van der Waals surface area contributed by atoms with E-state index in [2.05, 4.69) is 24.1 Å². The number of allylic oxidation sites excluding steroid dienone is 2. The first-order valence-corrected chi connectivity index (χ1v) is 12.1. The zero-order chi connectivity index (χ0) is 23.2. The summed E-state index contributed by atoms with van der Waals surface area (Å²) in [4.78, 5) is 30.4. The van der Waals surface area contributed by atoms with E-state index in [0.717, 1.165) is 17.7 Å². The van der Waals surface area contributed by atoms with Crippen LogP contribution in [0.5, 0.6) is 0 Å². The van der Waals surface area contributed by atoms with E-state index < -0.39 is 6.04 Å². The molecule has 2 aromatic carbocycles. The van der Waals surface area contributed by atoms with Crippen LogP contribution < -0.4 is 5.32 Å². The Kier molecular flexibility index (Phi) is 5.62. The van der Waals surface area contributed by atoms with Gasteiger partial charge in [0.1, 0.15) is 6.04 Å². The minimum atomic E-state index is -0.412. The number of hydrogen-bond acceptors (Lipinski definition) is 6. The Morgan fingerprint density at radius 2 is 1.97 bits per heavy atom. The Labute approximate surface area is 201 Å². The molecule has 6 nitrogen and oxygen atoms in total. The predicted octanol–water partition coefficient (Wildman–Crippen LogP) is 5.56. The molecule has 1 N–H and O–H groups in total. The second kappa shape index (κ2) is 8.47. The van der Waals surface area contributed by atoms with Crippen molar-refractivity contribution < 1.29 is 9.59 Å². The number of carbonyl (C=O) groups excluding carboxylic acids is 2. The average molecular weight is 479 g/mol. The predicted molar refractivity (Wildman–Crippen MR) is 130 cm³/mol. The number of nitrogens with one attached hydrogen (secondary N) is 1. The lowest BCUT2D eigenvalue weighted by atomic mass is 9.73. The molecule has 0 spiro atoms. The van der Waals surface area contributed by atoms with Crippen LogP contribution in [0.15, 0.2) is 71.0 Å². The van der Waals surface area contributed by atoms with E-state index in [1.54, 1.807) is 16.8 Å². The second-order valence-electron chi connectivity index (χ2n) is 9.16. The summed E-state index contributed by atoms with van der Waals surface area (Å²) in [7, 11) is 0. The summed E-state index contributed by atoms with van der Waals surface area (Å²) >= 11 is 7.58. The van der Waals surface area contributed by atoms with Gasteiger partial charge >= 0.3 is 0 Å². The zero-order valence-electron chi connectivity index (χ0n) is 18.3. The summed E-state index contributed by atoms with van der Waals surface area (Å²) in [6.07, 6.45) is 1.22. The molecule has 1 aliphatic heterocycles. The Morgan fingerprint density at radius 1 is 1.18 bits per heavy atom. The molecule has 0 amide bonds. The van der Waals surface area contributed by atoms with Gasteiger partial charge in [-0.1, -0.05) is 79.7 Å². The van der Waals surface area contributed by atoms with Gasteiger partial charge in [-0.05, 0) is 29.5 Å². The second-order valence-corrected chi connectivity index (χ2v) is 10.5. The number of Topliss-reactive ketones (excluding diaryl/α,β-unsaturated/α-hetero) is 2. The van der Waals surface area contributed by atoms with E-state index in [0.29, 0.717) is 33.7 Å². The van der Waals surface area contributed by atoms with Crippen LogP contribution in [-0.2, 0) is 4.79 Å². The highest BCUT2D eigenvalue weighted by atomic mass is 35.5. The van der Waals surface area contributed by atoms with Gasteiger partial charge in [-0.3, -0.25) is 9.59 Å². The normalized spacial score (nSPS) is 19.0. The van der Waals surface area contributed by atoms with Gasteiger partial charge < -0.3 is 5.32 Å². The molecule has 33 heavy (non-hydrogen) atoms. The number of halogens is 1. The summed E-state index contributed by atoms with van der Waals surface area (Å²) < 4.78 is 1.75. The number of hydrogen-bond donors (Lipinski definition) is 1. The summed E-state index contributed by atoms with van der Waals surface area (Å²) in [5.41, 5.74) is 3.01. The summed E-state index contributed by atoms with van der Waals surface area (Å²) in [6, 6.07) is 16.3. The quantitative estimate of drug-likeness (QED) is 0.382. The van der Waals surface area contributed by atoms with Crippen molar-refractivity contribution in [1.82, 2.24) is 14.8 Å². The van der Waals surface area contributed by atoms with Crippen LogP contribution in [0.1, 0.15) is 48.7 Å². The maximum atomic E-state index is 13.3. The molecule has 1 aliphatic carbocycles. The number of fused-ring (bicyclic) bond motifs is 1. The molecule has 8 heteroatoms. The van der Waals surface area contributed by atoms with Gasteiger partial charge in [0.25, 0.3) is 0 Å². The van der Waals surface area contributed by atoms with Crippen molar-refractivity contribution >= 4 is 40.9 Å². The lowest BCUT2D eigenvalue weighted by Gasteiger charge is -2.38. The smallest absolute Gasteiger partial charge is 0.227 e. The van der Waals surface area contributed by atoms with Crippen molar-refractivity contribution in [3.63, 3.8) is 0 Å². The minimum absolute atomic E-state index is 0.0158. The zero-order valence-corrected chi connectivity index (χ0v) is 19.9. The van der Waals surface area contributed by atoms with Crippen molar-refractivity contribution in [2.24, 2.45) is 5.41 Å². The average Bonchev–Trinajstić information content (AvgIpc) is 3.18. The van der Waals surface area contributed by atoms with Crippen LogP contribution in [0.25, 0.3) is 0 Å². The van der Waals surface area contributed by atoms with Gasteiger partial charge in [-0.25, -0.2) is 4.68 Å². The van der Waals surface area contributed by atoms with Crippen LogP contribution >= 0.6 is 23.4 Å². The number of anilines is 1. The molecule has 2 heterocycles. The lowest BCUT2D eigenvalue weighted by molar-refractivity contribution is -0.118. The van der Waals surface area contributed by atoms with E-state index in [9.17, 15) is 9.59 Å². The SMILES string of the molecule is CC1(C)CC(=O)C2=C(C1)Nc1nc(SCC(=O)c3ccccc3)nn1[C@H]2c1cccc(Cl)c1. The summed E-state index contributed by atoms with van der Waals surface area (Å²) in [6.45, 7) is 4.20. The number of aromatic nitrogens is 3. The minimum Gasteiger partial charge on any atom is -0.328 e. The number of benzene rings is 2. The van der Waals surface area contributed by atoms with Crippen molar-refractivity contribution in [1.29, 1.82) is 0 Å². The molecule has 0 saturated carbocycles. The van der Waals surface area contributed by atoms with Crippen LogP contribution in [-0.4, -0.2) is 32.1 Å². The Morgan fingerprint density at radius 3 is 2.73 bits per heavy atom. The third kappa shape index (κ3) is 4.35. The van der Waals surface area contributed by atoms with Crippen molar-refractivity contribution in [3.8, 4) is 0 Å². The van der Waals surface area contributed by atoms with Gasteiger partial charge in [0.05, 0.1) is 5.75 Å². The van der Waals surface area contributed by atoms with Crippen LogP contribution in [0.4, 0.5) is 5.95 Å². The molecule has 0 unspecified atom stereocenters. The Balaban J connectivity index is 1.50. The van der Waals surface area contributed by atoms with Crippen LogP contribution in [0, 0.1) is 5.41 Å². The van der Waals surface area contributed by atoms with E-state index in [1.165, 1.54) is 11.8 Å². The molecule has 3 aromatic rings. The number of ketones is 2. The first-order valence-electron chi connectivity index (χ1n) is 10.8. The fourth-order valence-electron chi connectivity index (χ4n) is 4.47. The van der Waals surface area contributed by atoms with Crippen LogP contribution in [0.3, 0.4) is 0 Å². The molecule has 0 radical (unpaired) electrons. The largest absolute Gasteiger partial charge is 0.328 e. The van der Waals surface area contributed by atoms with E-state index in [1.807, 2.05) is 42.5 Å². The molecule has 168 valence electrons. The first kappa shape index (κ1) is 21.9. The van der Waals surface area contributed by atoms with Crippen molar-refractivity contribution in [2.75, 3.05) is 11.1 Å². The van der Waals surface area contributed by atoms with Gasteiger partial charge in [0.2, 0.25) is 11.1 Å². The molecule has 0 saturated heterocycles. The summed E-state index contributed by atoms with van der Waals surface area (Å²) in [5, 5.41) is 9.13. The third-order valence-electron chi connectivity index (χ3n) is 5.91. The number of nitrogens with zero attached hydrogens (tertiary/aromatic N) is 3. The first-order chi connectivity index (χ1) is 15.8. The van der Waals surface area contributed by atoms with E-state index >= 15 is 0 Å². The molecular formula is C25H23ClN4O2S. The third-order valence-corrected chi connectivity index (χ3v) is 6.98. The monoisotopic (exact) mass is 478 g/mol. The maximum Gasteiger partial charge on any atom is 0.227 e. The highest BCUT2D eigenvalue weighted by Gasteiger charge is 2.41. The standard InChI is InChI=1S/C25H23ClN4O2S/c1-25(2)12-18-21(19(31)13-25)22(16-9-6-10-17(26)11-16)30-23(27-18)28-24(29-30)33-14-20(32)15-7-4-3-5-8-15/h3-11,22H,12-14H2,1-2H3,(H,27,28,29)/t22-/m0/s1. The maximum absolute atomic E-state index is 13.3. The fraction of sp³-hybridized carbons (Fsp3) is 0.280. The molecule has 1 aromatic heterocycles. The molecule has 1 atom stereocenters.